The summed E-state index contributed by atoms with van der Waals surface area (Å²) >= 11 is 0. The Labute approximate surface area is 107 Å². The summed E-state index contributed by atoms with van der Waals surface area (Å²) < 4.78 is 24.8. The van der Waals surface area contributed by atoms with Crippen LogP contribution in [0.3, 0.4) is 0 Å². The Bertz CT molecular complexity index is 409. The van der Waals surface area contributed by atoms with Gasteiger partial charge < -0.3 is 15.2 Å². The first-order valence-electron chi connectivity index (χ1n) is 6.39. The summed E-state index contributed by atoms with van der Waals surface area (Å²) in [5, 5.41) is 0. The average molecular weight is 253 g/mol. The van der Waals surface area contributed by atoms with Gasteiger partial charge in [0.15, 0.2) is 11.6 Å². The summed E-state index contributed by atoms with van der Waals surface area (Å²) in [6.45, 7) is 4.26. The fourth-order valence-electron chi connectivity index (χ4n) is 2.11. The lowest BCUT2D eigenvalue weighted by molar-refractivity contribution is 0.0256. The summed E-state index contributed by atoms with van der Waals surface area (Å²) in [5.41, 5.74) is 6.46. The van der Waals surface area contributed by atoms with Gasteiger partial charge in [-0.3, -0.25) is 0 Å². The molecule has 0 saturated carbocycles. The van der Waals surface area contributed by atoms with Crippen LogP contribution in [-0.4, -0.2) is 18.8 Å². The van der Waals surface area contributed by atoms with Crippen LogP contribution in [0.5, 0.6) is 5.75 Å². The molecular formula is C14H20FNO2. The third kappa shape index (κ3) is 3.21. The molecule has 1 aromatic rings. The molecule has 4 heteroatoms. The molecule has 3 nitrogen and oxygen atoms in total. The molecule has 100 valence electrons. The van der Waals surface area contributed by atoms with E-state index in [-0.39, 0.29) is 29.8 Å². The maximum Gasteiger partial charge on any atom is 0.165 e. The van der Waals surface area contributed by atoms with E-state index in [1.165, 1.54) is 6.07 Å². The predicted octanol–water partition coefficient (Wildman–Crippen LogP) is 2.79. The Hall–Kier alpha value is -1.13. The minimum absolute atomic E-state index is 0.0764. The quantitative estimate of drug-likeness (QED) is 0.897. The smallest absolute Gasteiger partial charge is 0.165 e. The highest BCUT2D eigenvalue weighted by Crippen LogP contribution is 2.24. The van der Waals surface area contributed by atoms with E-state index in [9.17, 15) is 4.39 Å². The number of hydrogen-bond donors (Lipinski definition) is 1. The van der Waals surface area contributed by atoms with Crippen molar-refractivity contribution >= 4 is 0 Å². The molecule has 0 bridgehead atoms. The standard InChI is InChI=1S/C14H20FNO2/c1-9-3-5-12(18-9)8-17-14-6-4-11(10(2)16)7-13(14)15/h4,6-7,9-10,12H,3,5,8,16H2,1-2H3/t9?,10-,12?/m1/s1. The van der Waals surface area contributed by atoms with Crippen molar-refractivity contribution in [1.29, 1.82) is 0 Å². The van der Waals surface area contributed by atoms with Crippen molar-refractivity contribution in [3.8, 4) is 5.75 Å². The van der Waals surface area contributed by atoms with Crippen LogP contribution < -0.4 is 10.5 Å². The fourth-order valence-corrected chi connectivity index (χ4v) is 2.11. The zero-order valence-corrected chi connectivity index (χ0v) is 10.9. The largest absolute Gasteiger partial charge is 0.488 e. The molecule has 1 heterocycles. The van der Waals surface area contributed by atoms with Gasteiger partial charge in [-0.15, -0.1) is 0 Å². The lowest BCUT2D eigenvalue weighted by Crippen LogP contribution is -2.18. The number of halogens is 1. The Morgan fingerprint density at radius 2 is 2.28 bits per heavy atom. The van der Waals surface area contributed by atoms with Gasteiger partial charge in [0.1, 0.15) is 6.61 Å². The molecule has 2 unspecified atom stereocenters. The minimum Gasteiger partial charge on any atom is -0.488 e. The van der Waals surface area contributed by atoms with E-state index >= 15 is 0 Å². The zero-order valence-electron chi connectivity index (χ0n) is 10.9. The minimum atomic E-state index is -0.365. The molecular weight excluding hydrogens is 233 g/mol. The number of rotatable bonds is 4. The van der Waals surface area contributed by atoms with Crippen LogP contribution in [0.2, 0.25) is 0 Å². The van der Waals surface area contributed by atoms with Crippen LogP contribution >= 0.6 is 0 Å². The second-order valence-corrected chi connectivity index (χ2v) is 4.94. The van der Waals surface area contributed by atoms with E-state index in [0.29, 0.717) is 6.61 Å². The highest BCUT2D eigenvalue weighted by Gasteiger charge is 2.22. The topological polar surface area (TPSA) is 44.5 Å². The van der Waals surface area contributed by atoms with Crippen molar-refractivity contribution in [2.24, 2.45) is 5.73 Å². The van der Waals surface area contributed by atoms with Crippen LogP contribution in [-0.2, 0) is 4.74 Å². The Balaban J connectivity index is 1.93. The number of ether oxygens (including phenoxy) is 2. The van der Waals surface area contributed by atoms with Gasteiger partial charge in [-0.2, -0.15) is 0 Å². The Kier molecular flexibility index (Phi) is 4.19. The highest BCUT2D eigenvalue weighted by atomic mass is 19.1. The van der Waals surface area contributed by atoms with Crippen LogP contribution in [0.4, 0.5) is 4.39 Å². The number of benzene rings is 1. The van der Waals surface area contributed by atoms with Gasteiger partial charge in [0.2, 0.25) is 0 Å². The first-order chi connectivity index (χ1) is 8.56. The van der Waals surface area contributed by atoms with Crippen LogP contribution in [0, 0.1) is 5.82 Å². The second kappa shape index (κ2) is 5.67. The molecule has 2 rings (SSSR count). The first-order valence-corrected chi connectivity index (χ1v) is 6.39. The van der Waals surface area contributed by atoms with Gasteiger partial charge >= 0.3 is 0 Å². The molecule has 3 atom stereocenters. The van der Waals surface area contributed by atoms with E-state index in [1.54, 1.807) is 12.1 Å². The molecule has 1 saturated heterocycles. The SMILES string of the molecule is CC1CCC(COc2ccc([C@@H](C)N)cc2F)O1. The molecule has 1 fully saturated rings. The van der Waals surface area contributed by atoms with Crippen molar-refractivity contribution in [2.75, 3.05) is 6.61 Å². The first kappa shape index (κ1) is 13.3. The molecule has 0 aliphatic carbocycles. The number of nitrogens with two attached hydrogens (primary N) is 1. The van der Waals surface area contributed by atoms with Crippen molar-refractivity contribution in [3.05, 3.63) is 29.6 Å². The van der Waals surface area contributed by atoms with Gasteiger partial charge in [0.05, 0.1) is 12.2 Å². The Morgan fingerprint density at radius 1 is 1.50 bits per heavy atom. The van der Waals surface area contributed by atoms with Gasteiger partial charge in [-0.1, -0.05) is 6.07 Å². The molecule has 1 aromatic carbocycles. The summed E-state index contributed by atoms with van der Waals surface area (Å²) in [4.78, 5) is 0. The molecule has 18 heavy (non-hydrogen) atoms. The lowest BCUT2D eigenvalue weighted by atomic mass is 10.1. The third-order valence-corrected chi connectivity index (χ3v) is 3.23. The van der Waals surface area contributed by atoms with Crippen LogP contribution in [0.15, 0.2) is 18.2 Å². The second-order valence-electron chi connectivity index (χ2n) is 4.94. The van der Waals surface area contributed by atoms with Crippen molar-refractivity contribution in [2.45, 2.75) is 44.9 Å². The fraction of sp³-hybridized carbons (Fsp3) is 0.571. The Morgan fingerprint density at radius 3 is 2.83 bits per heavy atom. The van der Waals surface area contributed by atoms with Gasteiger partial charge in [-0.05, 0) is 44.4 Å². The van der Waals surface area contributed by atoms with Crippen LogP contribution in [0.1, 0.15) is 38.3 Å². The monoisotopic (exact) mass is 253 g/mol. The summed E-state index contributed by atoms with van der Waals surface area (Å²) in [5.74, 6) is -0.0987. The average Bonchev–Trinajstić information content (AvgIpc) is 2.73. The molecule has 1 aliphatic heterocycles. The highest BCUT2D eigenvalue weighted by molar-refractivity contribution is 5.30. The van der Waals surface area contributed by atoms with Gasteiger partial charge in [-0.25, -0.2) is 4.39 Å². The van der Waals surface area contributed by atoms with Gasteiger partial charge in [0, 0.05) is 6.04 Å². The summed E-state index contributed by atoms with van der Waals surface area (Å²) in [7, 11) is 0. The third-order valence-electron chi connectivity index (χ3n) is 3.23. The maximum absolute atomic E-state index is 13.7. The lowest BCUT2D eigenvalue weighted by Gasteiger charge is -2.14. The van der Waals surface area contributed by atoms with E-state index in [4.69, 9.17) is 15.2 Å². The summed E-state index contributed by atoms with van der Waals surface area (Å²) in [6.07, 6.45) is 2.37. The normalized spacial score (nSPS) is 25.1. The molecule has 1 aliphatic rings. The number of hydrogen-bond acceptors (Lipinski definition) is 3. The van der Waals surface area contributed by atoms with Crippen LogP contribution in [0.25, 0.3) is 0 Å². The zero-order chi connectivity index (χ0) is 13.1. The summed E-state index contributed by atoms with van der Waals surface area (Å²) in [6, 6.07) is 4.68. The van der Waals surface area contributed by atoms with Crippen molar-refractivity contribution < 1.29 is 13.9 Å². The molecule has 0 amide bonds. The molecule has 0 aromatic heterocycles. The predicted molar refractivity (Wildman–Crippen MR) is 68.1 cm³/mol. The van der Waals surface area contributed by atoms with E-state index in [2.05, 4.69) is 0 Å². The molecule has 0 spiro atoms. The van der Waals surface area contributed by atoms with Crippen molar-refractivity contribution in [1.82, 2.24) is 0 Å². The molecule has 2 N–H and O–H groups in total. The maximum atomic E-state index is 13.7. The molecule has 0 radical (unpaired) electrons. The van der Waals surface area contributed by atoms with E-state index in [1.807, 2.05) is 13.8 Å². The van der Waals surface area contributed by atoms with Gasteiger partial charge in [0.25, 0.3) is 0 Å². The van der Waals surface area contributed by atoms with E-state index < -0.39 is 0 Å². The van der Waals surface area contributed by atoms with Crippen molar-refractivity contribution in [3.63, 3.8) is 0 Å². The van der Waals surface area contributed by atoms with E-state index in [0.717, 1.165) is 18.4 Å².